The second-order valence-electron chi connectivity index (χ2n) is 9.16. The van der Waals surface area contributed by atoms with Crippen LogP contribution in [0.15, 0.2) is 43.0 Å². The van der Waals surface area contributed by atoms with Gasteiger partial charge in [0.1, 0.15) is 29.7 Å². The third kappa shape index (κ3) is 6.08. The number of nitrogens with zero attached hydrogens (tertiary/aromatic N) is 4. The lowest BCUT2D eigenvalue weighted by molar-refractivity contribution is -0.149. The van der Waals surface area contributed by atoms with Crippen LogP contribution in [-0.4, -0.2) is 66.7 Å². The van der Waals surface area contributed by atoms with Gasteiger partial charge in [-0.15, -0.1) is 0 Å². The SMILES string of the molecule is CC(C)OC(=O)[C@H](C)N[P@](=O)(OC[C@H]1C[C@@H](n2cnc3c(N)ncnc32)[C@H](O)[C@@H]1O)Oc1ccccc1. The van der Waals surface area contributed by atoms with E-state index < -0.39 is 43.9 Å². The van der Waals surface area contributed by atoms with Gasteiger partial charge in [0.2, 0.25) is 0 Å². The van der Waals surface area contributed by atoms with Crippen LogP contribution in [0.3, 0.4) is 0 Å². The Kier molecular flexibility index (Phi) is 8.10. The van der Waals surface area contributed by atoms with Crippen LogP contribution in [0.2, 0.25) is 0 Å². The first-order valence-electron chi connectivity index (χ1n) is 11.8. The van der Waals surface area contributed by atoms with E-state index in [4.69, 9.17) is 19.5 Å². The molecular weight excluding hydrogens is 503 g/mol. The van der Waals surface area contributed by atoms with Gasteiger partial charge in [-0.05, 0) is 39.3 Å². The average Bonchev–Trinajstić information content (AvgIpc) is 3.40. The molecule has 1 aromatic carbocycles. The monoisotopic (exact) mass is 534 g/mol. The van der Waals surface area contributed by atoms with Crippen molar-refractivity contribution in [2.75, 3.05) is 12.3 Å². The molecule has 4 rings (SSSR count). The molecule has 13 nitrogen and oxygen atoms in total. The summed E-state index contributed by atoms with van der Waals surface area (Å²) in [7, 11) is -4.12. The summed E-state index contributed by atoms with van der Waals surface area (Å²) in [6.45, 7) is 4.65. The zero-order chi connectivity index (χ0) is 26.7. The number of carbonyl (C=O) groups excluding carboxylic acids is 1. The van der Waals surface area contributed by atoms with Crippen LogP contribution < -0.4 is 15.3 Å². The van der Waals surface area contributed by atoms with Gasteiger partial charge in [-0.3, -0.25) is 9.32 Å². The number of carbonyl (C=O) groups is 1. The fourth-order valence-electron chi connectivity index (χ4n) is 4.18. The van der Waals surface area contributed by atoms with Crippen LogP contribution in [0.25, 0.3) is 11.2 Å². The van der Waals surface area contributed by atoms with Gasteiger partial charge in [0.05, 0.1) is 31.2 Å². The number of para-hydroxylation sites is 1. The van der Waals surface area contributed by atoms with Gasteiger partial charge in [0.15, 0.2) is 11.5 Å². The molecule has 1 fully saturated rings. The molecule has 1 saturated carbocycles. The fraction of sp³-hybridized carbons (Fsp3) is 0.478. The lowest BCUT2D eigenvalue weighted by Gasteiger charge is -2.25. The number of nitrogen functional groups attached to an aromatic ring is 1. The lowest BCUT2D eigenvalue weighted by atomic mass is 10.1. The Morgan fingerprint density at radius 3 is 2.62 bits per heavy atom. The van der Waals surface area contributed by atoms with Crippen LogP contribution in [0, 0.1) is 5.92 Å². The largest absolute Gasteiger partial charge is 0.462 e. The quantitative estimate of drug-likeness (QED) is 0.219. The molecule has 1 aliphatic rings. The summed E-state index contributed by atoms with van der Waals surface area (Å²) in [5, 5.41) is 24.2. The number of ether oxygens (including phenoxy) is 1. The topological polar surface area (TPSA) is 184 Å². The molecule has 3 aromatic rings. The molecule has 200 valence electrons. The molecule has 0 saturated heterocycles. The summed E-state index contributed by atoms with van der Waals surface area (Å²) in [6, 6.07) is 6.75. The van der Waals surface area contributed by atoms with Gasteiger partial charge in [0, 0.05) is 5.92 Å². The Bertz CT molecular complexity index is 1270. The number of fused-ring (bicyclic) bond motifs is 1. The number of nitrogens with one attached hydrogen (secondary N) is 1. The number of benzene rings is 1. The molecule has 6 atom stereocenters. The highest BCUT2D eigenvalue weighted by atomic mass is 31.2. The van der Waals surface area contributed by atoms with Crippen molar-refractivity contribution in [2.45, 2.75) is 57.6 Å². The molecule has 1 aliphatic carbocycles. The van der Waals surface area contributed by atoms with E-state index in [0.29, 0.717) is 11.2 Å². The predicted octanol–water partition coefficient (Wildman–Crippen LogP) is 1.82. The zero-order valence-electron chi connectivity index (χ0n) is 20.7. The van der Waals surface area contributed by atoms with E-state index in [0.717, 1.165) is 0 Å². The van der Waals surface area contributed by atoms with Crippen molar-refractivity contribution in [3.05, 3.63) is 43.0 Å². The summed E-state index contributed by atoms with van der Waals surface area (Å²) >= 11 is 0. The number of anilines is 1. The molecule has 0 radical (unpaired) electrons. The third-order valence-corrected chi connectivity index (χ3v) is 7.64. The molecule has 2 aromatic heterocycles. The summed E-state index contributed by atoms with van der Waals surface area (Å²) < 4.78 is 31.9. The Morgan fingerprint density at radius 2 is 1.92 bits per heavy atom. The molecule has 37 heavy (non-hydrogen) atoms. The zero-order valence-corrected chi connectivity index (χ0v) is 21.6. The van der Waals surface area contributed by atoms with Gasteiger partial charge >= 0.3 is 13.7 Å². The highest BCUT2D eigenvalue weighted by Gasteiger charge is 2.44. The lowest BCUT2D eigenvalue weighted by Crippen LogP contribution is -2.37. The Hall–Kier alpha value is -3.09. The number of hydrogen-bond acceptors (Lipinski definition) is 11. The predicted molar refractivity (Wildman–Crippen MR) is 133 cm³/mol. The first-order chi connectivity index (χ1) is 17.6. The van der Waals surface area contributed by atoms with Crippen molar-refractivity contribution in [2.24, 2.45) is 5.92 Å². The first-order valence-corrected chi connectivity index (χ1v) is 13.4. The number of rotatable bonds is 10. The van der Waals surface area contributed by atoms with Crippen LogP contribution in [0.5, 0.6) is 5.75 Å². The van der Waals surface area contributed by atoms with E-state index >= 15 is 0 Å². The maximum Gasteiger partial charge on any atom is 0.459 e. The van der Waals surface area contributed by atoms with Gasteiger partial charge in [0.25, 0.3) is 0 Å². The fourth-order valence-corrected chi connectivity index (χ4v) is 5.73. The first kappa shape index (κ1) is 27.0. The van der Waals surface area contributed by atoms with Crippen molar-refractivity contribution in [3.63, 3.8) is 0 Å². The summed E-state index contributed by atoms with van der Waals surface area (Å²) in [5.74, 6) is -0.786. The van der Waals surface area contributed by atoms with Crippen molar-refractivity contribution in [1.29, 1.82) is 0 Å². The number of imidazole rings is 1. The van der Waals surface area contributed by atoms with Crippen molar-refractivity contribution in [1.82, 2.24) is 24.6 Å². The Labute approximate surface area is 213 Å². The Morgan fingerprint density at radius 1 is 1.19 bits per heavy atom. The number of aliphatic hydroxyl groups is 2. The summed E-state index contributed by atoms with van der Waals surface area (Å²) in [5.41, 5.74) is 6.66. The number of esters is 1. The molecule has 0 aliphatic heterocycles. The minimum absolute atomic E-state index is 0.201. The number of hydrogen-bond donors (Lipinski definition) is 4. The van der Waals surface area contributed by atoms with Gasteiger partial charge < -0.3 is 29.8 Å². The summed E-state index contributed by atoms with van der Waals surface area (Å²) in [6.07, 6.45) is 0.293. The molecule has 0 bridgehead atoms. The average molecular weight is 535 g/mol. The molecular formula is C23H31N6O7P. The molecule has 5 N–H and O–H groups in total. The minimum atomic E-state index is -4.12. The Balaban J connectivity index is 1.50. The van der Waals surface area contributed by atoms with Gasteiger partial charge in [-0.25, -0.2) is 19.5 Å². The number of aliphatic hydroxyl groups excluding tert-OH is 2. The summed E-state index contributed by atoms with van der Waals surface area (Å²) in [4.78, 5) is 24.7. The number of aromatic nitrogens is 4. The molecule has 2 heterocycles. The standard InChI is InChI=1S/C23H31N6O7P/c1-13(2)35-23(32)14(3)28-37(33,36-16-7-5-4-6-8-16)34-10-15-9-17(20(31)19(15)30)29-12-27-18-21(24)25-11-26-22(18)29/h4-8,11-15,17,19-20,30-31H,9-10H2,1-3H3,(H,28,33)(H2,24,25,26)/t14-,15+,17+,19+,20-,37-/m0/s1. The van der Waals surface area contributed by atoms with Crippen LogP contribution >= 0.6 is 7.75 Å². The van der Waals surface area contributed by atoms with E-state index in [1.165, 1.54) is 19.6 Å². The van der Waals surface area contributed by atoms with Crippen LogP contribution in [0.1, 0.15) is 33.2 Å². The third-order valence-electron chi connectivity index (χ3n) is 6.00. The van der Waals surface area contributed by atoms with Gasteiger partial charge in [-0.1, -0.05) is 18.2 Å². The van der Waals surface area contributed by atoms with E-state index in [-0.39, 0.29) is 30.7 Å². The molecule has 0 amide bonds. The number of nitrogens with two attached hydrogens (primary N) is 1. The maximum atomic E-state index is 13.7. The highest BCUT2D eigenvalue weighted by molar-refractivity contribution is 7.52. The van der Waals surface area contributed by atoms with E-state index in [1.54, 1.807) is 48.7 Å². The molecule has 14 heteroatoms. The highest BCUT2D eigenvalue weighted by Crippen LogP contribution is 2.47. The smallest absolute Gasteiger partial charge is 0.459 e. The normalized spacial score (nSPS) is 24.2. The molecule has 0 spiro atoms. The molecule has 0 unspecified atom stereocenters. The van der Waals surface area contributed by atoms with Crippen molar-refractivity contribution < 1.29 is 33.4 Å². The van der Waals surface area contributed by atoms with Crippen molar-refractivity contribution >= 4 is 30.7 Å². The van der Waals surface area contributed by atoms with Crippen LogP contribution in [0.4, 0.5) is 5.82 Å². The van der Waals surface area contributed by atoms with E-state index in [2.05, 4.69) is 20.0 Å². The van der Waals surface area contributed by atoms with Gasteiger partial charge in [-0.2, -0.15) is 5.09 Å². The van der Waals surface area contributed by atoms with E-state index in [9.17, 15) is 19.6 Å². The minimum Gasteiger partial charge on any atom is -0.462 e. The second kappa shape index (κ2) is 11.1. The second-order valence-corrected chi connectivity index (χ2v) is 10.9. The van der Waals surface area contributed by atoms with Crippen LogP contribution in [-0.2, 0) is 18.6 Å². The van der Waals surface area contributed by atoms with E-state index in [1.807, 2.05) is 0 Å². The van der Waals surface area contributed by atoms with Crippen molar-refractivity contribution in [3.8, 4) is 5.75 Å². The maximum absolute atomic E-state index is 13.7.